The Bertz CT molecular complexity index is 930. The summed E-state index contributed by atoms with van der Waals surface area (Å²) in [6.45, 7) is 0. The lowest BCUT2D eigenvalue weighted by Crippen LogP contribution is -2.82. The fraction of sp³-hybridized carbons (Fsp3) is 1.00. The van der Waals surface area contributed by atoms with Crippen LogP contribution in [-0.4, -0.2) is 97.0 Å². The highest BCUT2D eigenvalue weighted by Gasteiger charge is 2.95. The fourth-order valence-corrected chi connectivity index (χ4v) is 2.87. The van der Waals surface area contributed by atoms with E-state index >= 15 is 0 Å². The first-order chi connectivity index (χ1) is 19.3. The van der Waals surface area contributed by atoms with Crippen LogP contribution in [0.1, 0.15) is 0 Å². The lowest BCUT2D eigenvalue weighted by molar-refractivity contribution is -0.994. The van der Waals surface area contributed by atoms with E-state index in [4.69, 9.17) is 0 Å². The summed E-state index contributed by atoms with van der Waals surface area (Å²) >= 11 is 0. The molecule has 2 unspecified atom stereocenters. The summed E-state index contributed by atoms with van der Waals surface area (Å²) in [7, 11) is 0. The van der Waals surface area contributed by atoms with Crippen molar-refractivity contribution in [2.75, 3.05) is 0 Å². The maximum Gasteiger partial charge on any atom is 0.731 e. The zero-order valence-corrected chi connectivity index (χ0v) is 18.4. The molecule has 25 nitrogen and oxygen atoms in total. The zero-order chi connectivity index (χ0) is 34.8. The largest absolute Gasteiger partial charge is 0.731 e. The van der Waals surface area contributed by atoms with Crippen LogP contribution in [0.4, 0.5) is 53.8 Å². The van der Waals surface area contributed by atoms with Crippen LogP contribution in [0.3, 0.4) is 0 Å². The smallest absolute Gasteiger partial charge is 0.323 e. The van der Waals surface area contributed by atoms with E-state index in [1.165, 1.54) is 0 Å². The highest BCUT2D eigenvalue weighted by Crippen LogP contribution is 2.47. The standard InChI is InChI=1S/C6H2F12N12O13/c7-19(8)3(20(9)10,21(11)12)1(5(25(31)32,26(33)34)27(35)36)43-2(4(22(13)14,23(15)16)24(17)18)6(28(37)38,29(39)40)30(41)42/h1-2H. The first-order valence-electron chi connectivity index (χ1n) is 8.53. The zero-order valence-electron chi connectivity index (χ0n) is 18.4. The summed E-state index contributed by atoms with van der Waals surface area (Å²) in [6.07, 6.45) is -12.9. The molecule has 0 radical (unpaired) electrons. The lowest BCUT2D eigenvalue weighted by atomic mass is 10.0. The van der Waals surface area contributed by atoms with Crippen molar-refractivity contribution < 1.29 is 88.1 Å². The molecule has 0 saturated heterocycles. The molecular weight excluding hydrogens is 676 g/mol. The van der Waals surface area contributed by atoms with Gasteiger partial charge in [-0.15, -0.1) is 0 Å². The summed E-state index contributed by atoms with van der Waals surface area (Å²) < 4.78 is 166. The van der Waals surface area contributed by atoms with E-state index in [1.807, 2.05) is 0 Å². The summed E-state index contributed by atoms with van der Waals surface area (Å²) in [4.78, 5) is 46.9. The predicted octanol–water partition coefficient (Wildman–Crippen LogP) is 0.442. The first-order valence-corrected chi connectivity index (χ1v) is 8.53. The lowest BCUT2D eigenvalue weighted by Gasteiger charge is -2.40. The van der Waals surface area contributed by atoms with Gasteiger partial charge < -0.3 is 4.74 Å². The Labute approximate surface area is 217 Å². The van der Waals surface area contributed by atoms with Crippen LogP contribution in [0.5, 0.6) is 0 Å². The Kier molecular flexibility index (Phi) is 11.3. The average Bonchev–Trinajstić information content (AvgIpc) is 2.77. The van der Waals surface area contributed by atoms with Crippen molar-refractivity contribution in [1.29, 1.82) is 0 Å². The molecule has 0 aromatic heterocycles. The van der Waals surface area contributed by atoms with Gasteiger partial charge in [0.15, 0.2) is 29.5 Å². The van der Waals surface area contributed by atoms with E-state index in [0.717, 1.165) is 0 Å². The topological polar surface area (TPSA) is 288 Å². The SMILES string of the molecule is O=[N+]([O-])C(C(OC(C(N(F)F)(N(F)F)N(F)F)C([N+](=O)[O-])([N+](=O)[O-])[N+](=O)[O-])C(N(F)F)(N(F)F)N(F)F)([N+](=O)[O-])[N+](=O)[O-]. The number of ether oxygens (including phenoxy) is 1. The Morgan fingerprint density at radius 1 is 0.395 bits per heavy atom. The molecule has 0 aromatic rings. The molecule has 0 N–H and O–H groups in total. The van der Waals surface area contributed by atoms with Gasteiger partial charge in [-0.25, -0.2) is 0 Å². The van der Waals surface area contributed by atoms with Crippen LogP contribution >= 0.6 is 0 Å². The molecule has 0 amide bonds. The van der Waals surface area contributed by atoms with Gasteiger partial charge in [-0.3, -0.25) is 60.7 Å². The van der Waals surface area contributed by atoms with Gasteiger partial charge in [0.25, 0.3) is 0 Å². The highest BCUT2D eigenvalue weighted by molar-refractivity contribution is 4.95. The molecular formula is C6H2F12N12O13. The third-order valence-corrected chi connectivity index (χ3v) is 4.78. The normalized spacial score (nSPS) is 14.9. The first kappa shape index (κ1) is 38.3. The Hall–Kier alpha value is -4.72. The summed E-state index contributed by atoms with van der Waals surface area (Å²) in [6, 6.07) is 0. The van der Waals surface area contributed by atoms with Crippen molar-refractivity contribution in [2.24, 2.45) is 0 Å². The van der Waals surface area contributed by atoms with E-state index < -0.39 is 97.0 Å². The van der Waals surface area contributed by atoms with Gasteiger partial charge >= 0.3 is 35.4 Å². The van der Waals surface area contributed by atoms with E-state index in [2.05, 4.69) is 4.74 Å². The van der Waals surface area contributed by atoms with Gasteiger partial charge in [-0.05, 0) is 0 Å². The maximum absolute atomic E-state index is 13.6. The molecule has 0 spiro atoms. The Morgan fingerprint density at radius 3 is 0.628 bits per heavy atom. The molecule has 0 bridgehead atoms. The van der Waals surface area contributed by atoms with Gasteiger partial charge in [0, 0.05) is 0 Å². The molecule has 37 heteroatoms. The van der Waals surface area contributed by atoms with E-state index in [1.54, 1.807) is 0 Å². The van der Waals surface area contributed by atoms with Crippen LogP contribution < -0.4 is 0 Å². The van der Waals surface area contributed by atoms with Crippen molar-refractivity contribution in [3.8, 4) is 0 Å². The Balaban J connectivity index is 9.15. The van der Waals surface area contributed by atoms with E-state index in [9.17, 15) is 114 Å². The fourth-order valence-electron chi connectivity index (χ4n) is 2.87. The second-order valence-corrected chi connectivity index (χ2v) is 6.59. The molecule has 0 saturated carbocycles. The molecule has 0 heterocycles. The number of halogens is 12. The van der Waals surface area contributed by atoms with Gasteiger partial charge in [0.2, 0.25) is 0 Å². The van der Waals surface area contributed by atoms with Crippen LogP contribution in [0.15, 0.2) is 0 Å². The summed E-state index contributed by atoms with van der Waals surface area (Å²) in [5, 5.41) is 43.4. The van der Waals surface area contributed by atoms with Crippen molar-refractivity contribution in [3.05, 3.63) is 60.7 Å². The number of rotatable bonds is 18. The third-order valence-electron chi connectivity index (χ3n) is 4.78. The van der Waals surface area contributed by atoms with Crippen molar-refractivity contribution in [2.45, 2.75) is 35.4 Å². The minimum atomic E-state index is -7.26. The van der Waals surface area contributed by atoms with Gasteiger partial charge in [0.05, 0.1) is 32.1 Å². The van der Waals surface area contributed by atoms with E-state index in [0.29, 0.717) is 0 Å². The van der Waals surface area contributed by atoms with Crippen LogP contribution in [-0.2, 0) is 4.74 Å². The van der Waals surface area contributed by atoms with Crippen molar-refractivity contribution >= 4 is 0 Å². The van der Waals surface area contributed by atoms with Gasteiger partial charge in [-0.2, -0.15) is 0 Å². The highest BCUT2D eigenvalue weighted by atomic mass is 19.4. The second-order valence-electron chi connectivity index (χ2n) is 6.59. The number of hydrogen-bond donors (Lipinski definition) is 0. The molecule has 0 aliphatic heterocycles. The number of hydrogen-bond acceptors (Lipinski definition) is 19. The molecule has 248 valence electrons. The quantitative estimate of drug-likeness (QED) is 0.0624. The Morgan fingerprint density at radius 2 is 0.535 bits per heavy atom. The molecule has 2 atom stereocenters. The average molecular weight is 678 g/mol. The summed E-state index contributed by atoms with van der Waals surface area (Å²) in [5.74, 6) is -28.2. The summed E-state index contributed by atoms with van der Waals surface area (Å²) in [5.41, 5.74) is 0. The van der Waals surface area contributed by atoms with Crippen molar-refractivity contribution in [1.82, 2.24) is 32.1 Å². The minimum Gasteiger partial charge on any atom is -0.323 e. The van der Waals surface area contributed by atoms with Crippen LogP contribution in [0.2, 0.25) is 0 Å². The van der Waals surface area contributed by atoms with Gasteiger partial charge in [0.1, 0.15) is 0 Å². The van der Waals surface area contributed by atoms with Crippen LogP contribution in [0, 0.1) is 60.7 Å². The second kappa shape index (κ2) is 12.7. The van der Waals surface area contributed by atoms with Crippen LogP contribution in [0.25, 0.3) is 0 Å². The number of nitrogens with zero attached hydrogens (tertiary/aromatic N) is 12. The predicted molar refractivity (Wildman–Crippen MR) is 85.9 cm³/mol. The molecule has 0 aliphatic rings. The molecule has 43 heavy (non-hydrogen) atoms. The molecule has 0 fully saturated rings. The number of nitro groups is 6. The van der Waals surface area contributed by atoms with E-state index in [-0.39, 0.29) is 0 Å². The van der Waals surface area contributed by atoms with Crippen molar-refractivity contribution in [3.63, 3.8) is 0 Å². The third kappa shape index (κ3) is 5.11. The molecule has 0 aromatic carbocycles. The molecule has 0 rings (SSSR count). The molecule has 0 aliphatic carbocycles. The monoisotopic (exact) mass is 678 g/mol. The maximum atomic E-state index is 13.6. The van der Waals surface area contributed by atoms with Gasteiger partial charge in [-0.1, -0.05) is 53.8 Å². The minimum absolute atomic E-state index is 2.87.